The smallest absolute Gasteiger partial charge is 0.290 e. The molecule has 3 heterocycles. The third-order valence-electron chi connectivity index (χ3n) is 4.52. The summed E-state index contributed by atoms with van der Waals surface area (Å²) in [6.07, 6.45) is 3.56. The maximum atomic E-state index is 9.72. The van der Waals surface area contributed by atoms with Crippen LogP contribution in [0.3, 0.4) is 0 Å². The summed E-state index contributed by atoms with van der Waals surface area (Å²) < 4.78 is 18.2. The highest BCUT2D eigenvalue weighted by atomic mass is 16.7. The predicted molar refractivity (Wildman–Crippen MR) is 107 cm³/mol. The van der Waals surface area contributed by atoms with E-state index in [-0.39, 0.29) is 24.6 Å². The molecule has 0 unspecified atom stereocenters. The first-order valence-electron chi connectivity index (χ1n) is 8.70. The number of nitrogens with zero attached hydrogens (tertiary/aromatic N) is 4. The number of hydrogen-bond donors (Lipinski definition) is 2. The van der Waals surface area contributed by atoms with Crippen molar-refractivity contribution >= 4 is 12.3 Å². The zero-order chi connectivity index (χ0) is 21.8. The Kier molecular flexibility index (Phi) is 5.73. The van der Waals surface area contributed by atoms with E-state index in [4.69, 9.17) is 29.8 Å². The lowest BCUT2D eigenvalue weighted by Crippen LogP contribution is -2.04. The Bertz CT molecular complexity index is 1150. The molecular weight excluding hydrogens is 390 g/mol. The maximum absolute atomic E-state index is 9.72. The lowest BCUT2D eigenvalue weighted by molar-refractivity contribution is -0.122. The van der Waals surface area contributed by atoms with Gasteiger partial charge >= 0.3 is 0 Å². The van der Waals surface area contributed by atoms with Crippen LogP contribution in [0.4, 0.5) is 5.82 Å². The number of anilines is 1. The van der Waals surface area contributed by atoms with Crippen LogP contribution in [0, 0.1) is 18.3 Å². The summed E-state index contributed by atoms with van der Waals surface area (Å²) >= 11 is 0. The number of fused-ring (bicyclic) bond motifs is 1. The zero-order valence-electron chi connectivity index (χ0n) is 16.5. The van der Waals surface area contributed by atoms with E-state index in [0.29, 0.717) is 34.1 Å². The molecule has 30 heavy (non-hydrogen) atoms. The van der Waals surface area contributed by atoms with Crippen molar-refractivity contribution in [3.05, 3.63) is 35.7 Å². The molecule has 3 aromatic rings. The molecule has 0 bridgehead atoms. The van der Waals surface area contributed by atoms with E-state index in [0.717, 1.165) is 11.1 Å². The second-order valence-electron chi connectivity index (χ2n) is 6.25. The molecule has 0 fully saturated rings. The van der Waals surface area contributed by atoms with Crippen LogP contribution in [0.25, 0.3) is 22.4 Å². The maximum Gasteiger partial charge on any atom is 0.290 e. The summed E-state index contributed by atoms with van der Waals surface area (Å²) in [6.45, 7) is 1.79. The van der Waals surface area contributed by atoms with E-state index in [9.17, 15) is 5.26 Å². The van der Waals surface area contributed by atoms with Gasteiger partial charge in [0.2, 0.25) is 6.79 Å². The molecular formula is C20H19N5O5. The van der Waals surface area contributed by atoms with E-state index in [2.05, 4.69) is 16.2 Å². The number of rotatable bonds is 3. The molecule has 2 aromatic heterocycles. The largest absolute Gasteiger partial charge is 0.496 e. The molecule has 1 aromatic carbocycles. The van der Waals surface area contributed by atoms with Crippen molar-refractivity contribution in [1.29, 1.82) is 5.26 Å². The molecule has 3 N–H and O–H groups in total. The summed E-state index contributed by atoms with van der Waals surface area (Å²) in [5.74, 6) is 1.90. The average molecular weight is 409 g/mol. The highest BCUT2D eigenvalue weighted by Gasteiger charge is 2.25. The highest BCUT2D eigenvalue weighted by molar-refractivity contribution is 5.87. The number of nitrogens with two attached hydrogens (primary N) is 1. The molecule has 10 heteroatoms. The number of nitriles is 1. The number of hydrogen-bond acceptors (Lipinski definition) is 8. The molecule has 154 valence electrons. The number of pyridine rings is 1. The molecule has 1 aliphatic rings. The van der Waals surface area contributed by atoms with Crippen molar-refractivity contribution in [2.75, 3.05) is 19.6 Å². The standard InChI is InChI=1S/C19H17N5O3.CH2O2/c1-10-17(12-4-15-16(27-9-26-15)5-14(12)25-3)13(6-20)19(21)23-18(10)11-7-22-24(2)8-11;2-1-3/h4-5,7-8H,9H2,1-3H3,(H2,21,23);1H,(H,2,3). The van der Waals surface area contributed by atoms with Gasteiger partial charge in [-0.1, -0.05) is 0 Å². The van der Waals surface area contributed by atoms with Crippen LogP contribution in [-0.4, -0.2) is 40.2 Å². The van der Waals surface area contributed by atoms with E-state index in [1.807, 2.05) is 20.2 Å². The number of benzene rings is 1. The van der Waals surface area contributed by atoms with Crippen LogP contribution in [-0.2, 0) is 11.8 Å². The minimum absolute atomic E-state index is 0.144. The summed E-state index contributed by atoms with van der Waals surface area (Å²) in [5.41, 5.74) is 10.0. The number of ether oxygens (including phenoxy) is 3. The molecule has 0 radical (unpaired) electrons. The SMILES string of the molecule is COc1cc2c(cc1-c1c(C)c(-c3cnn(C)c3)nc(N)c1C#N)OCO2.O=CO. The van der Waals surface area contributed by atoms with Crippen LogP contribution in [0.5, 0.6) is 17.2 Å². The summed E-state index contributed by atoms with van der Waals surface area (Å²) in [7, 11) is 3.39. The molecule has 0 atom stereocenters. The number of aromatic nitrogens is 3. The van der Waals surface area contributed by atoms with Crippen molar-refractivity contribution in [3.63, 3.8) is 0 Å². The van der Waals surface area contributed by atoms with Gasteiger partial charge in [-0.2, -0.15) is 10.4 Å². The second-order valence-corrected chi connectivity index (χ2v) is 6.25. The fourth-order valence-electron chi connectivity index (χ4n) is 3.26. The van der Waals surface area contributed by atoms with Crippen molar-refractivity contribution in [3.8, 4) is 45.7 Å². The lowest BCUT2D eigenvalue weighted by atomic mass is 9.92. The number of aryl methyl sites for hydroxylation is 1. The molecule has 0 saturated carbocycles. The van der Waals surface area contributed by atoms with Crippen LogP contribution in [0.15, 0.2) is 24.5 Å². The number of nitrogen functional groups attached to an aromatic ring is 1. The van der Waals surface area contributed by atoms with Gasteiger partial charge < -0.3 is 25.1 Å². The Hall–Kier alpha value is -4.26. The highest BCUT2D eigenvalue weighted by Crippen LogP contribution is 2.46. The molecule has 10 nitrogen and oxygen atoms in total. The number of carbonyl (C=O) groups is 1. The van der Waals surface area contributed by atoms with Crippen molar-refractivity contribution in [1.82, 2.24) is 14.8 Å². The first kappa shape index (κ1) is 20.5. The predicted octanol–water partition coefficient (Wildman–Crippen LogP) is 2.35. The van der Waals surface area contributed by atoms with Gasteiger partial charge in [-0.05, 0) is 18.6 Å². The number of carboxylic acid groups (broad SMARTS) is 1. The quantitative estimate of drug-likeness (QED) is 0.622. The minimum Gasteiger partial charge on any atom is -0.496 e. The average Bonchev–Trinajstić information content (AvgIpc) is 3.36. The van der Waals surface area contributed by atoms with Gasteiger partial charge in [0.25, 0.3) is 6.47 Å². The van der Waals surface area contributed by atoms with Crippen LogP contribution in [0.1, 0.15) is 11.1 Å². The molecule has 0 aliphatic carbocycles. The van der Waals surface area contributed by atoms with Gasteiger partial charge in [0.1, 0.15) is 23.2 Å². The summed E-state index contributed by atoms with van der Waals surface area (Å²) in [5, 5.41) is 20.8. The minimum atomic E-state index is -0.250. The van der Waals surface area contributed by atoms with Crippen molar-refractivity contribution < 1.29 is 24.1 Å². The van der Waals surface area contributed by atoms with Crippen LogP contribution >= 0.6 is 0 Å². The monoisotopic (exact) mass is 409 g/mol. The first-order chi connectivity index (χ1) is 14.4. The summed E-state index contributed by atoms with van der Waals surface area (Å²) in [4.78, 5) is 12.8. The van der Waals surface area contributed by atoms with Gasteiger partial charge in [-0.15, -0.1) is 0 Å². The van der Waals surface area contributed by atoms with E-state index in [1.165, 1.54) is 0 Å². The Balaban J connectivity index is 0.000000806. The zero-order valence-corrected chi connectivity index (χ0v) is 16.5. The third-order valence-corrected chi connectivity index (χ3v) is 4.52. The molecule has 0 saturated heterocycles. The van der Waals surface area contributed by atoms with Crippen molar-refractivity contribution in [2.45, 2.75) is 6.92 Å². The van der Waals surface area contributed by atoms with Gasteiger partial charge in [0.05, 0.1) is 19.0 Å². The molecule has 0 amide bonds. The van der Waals surface area contributed by atoms with Gasteiger partial charge in [0, 0.05) is 36.0 Å². The molecule has 0 spiro atoms. The van der Waals surface area contributed by atoms with Crippen molar-refractivity contribution in [2.24, 2.45) is 7.05 Å². The van der Waals surface area contributed by atoms with Crippen LogP contribution in [0.2, 0.25) is 0 Å². The van der Waals surface area contributed by atoms with Gasteiger partial charge in [-0.25, -0.2) is 4.98 Å². The first-order valence-corrected chi connectivity index (χ1v) is 8.70. The Labute approximate surface area is 172 Å². The van der Waals surface area contributed by atoms with E-state index >= 15 is 0 Å². The van der Waals surface area contributed by atoms with Crippen LogP contribution < -0.4 is 19.9 Å². The Morgan fingerprint density at radius 2 is 2.03 bits per heavy atom. The Morgan fingerprint density at radius 1 is 1.37 bits per heavy atom. The fourth-order valence-corrected chi connectivity index (χ4v) is 3.26. The summed E-state index contributed by atoms with van der Waals surface area (Å²) in [6, 6.07) is 5.72. The lowest BCUT2D eigenvalue weighted by Gasteiger charge is -2.17. The van der Waals surface area contributed by atoms with Gasteiger partial charge in [-0.3, -0.25) is 9.48 Å². The number of methoxy groups -OCH3 is 1. The van der Waals surface area contributed by atoms with E-state index < -0.39 is 0 Å². The second kappa shape index (κ2) is 8.40. The fraction of sp³-hybridized carbons (Fsp3) is 0.200. The Morgan fingerprint density at radius 3 is 2.60 bits per heavy atom. The van der Waals surface area contributed by atoms with E-state index in [1.54, 1.807) is 30.1 Å². The molecule has 1 aliphatic heterocycles. The molecule has 4 rings (SSSR count). The topological polar surface area (TPSA) is 146 Å². The van der Waals surface area contributed by atoms with Gasteiger partial charge in [0.15, 0.2) is 11.5 Å². The normalized spacial score (nSPS) is 11.3. The third kappa shape index (κ3) is 3.56.